The lowest BCUT2D eigenvalue weighted by molar-refractivity contribution is 0.605. The van der Waals surface area contributed by atoms with Gasteiger partial charge in [-0.25, -0.2) is 0 Å². The maximum absolute atomic E-state index is 3.73. The number of halogens is 1. The Balaban J connectivity index is 1.91. The van der Waals surface area contributed by atoms with Crippen molar-refractivity contribution in [1.29, 1.82) is 0 Å². The summed E-state index contributed by atoms with van der Waals surface area (Å²) in [6.45, 7) is 3.29. The van der Waals surface area contributed by atoms with Crippen molar-refractivity contribution < 1.29 is 0 Å². The average molecular weight is 364 g/mol. The van der Waals surface area contributed by atoms with Gasteiger partial charge in [0.1, 0.15) is 0 Å². The van der Waals surface area contributed by atoms with Crippen LogP contribution >= 0.6 is 27.3 Å². The maximum atomic E-state index is 3.73. The quantitative estimate of drug-likeness (QED) is 0.741. The molecule has 3 heteroatoms. The Bertz CT molecular complexity index is 564. The van der Waals surface area contributed by atoms with Crippen molar-refractivity contribution in [2.24, 2.45) is 0 Å². The van der Waals surface area contributed by atoms with Crippen molar-refractivity contribution in [3.8, 4) is 0 Å². The lowest BCUT2D eigenvalue weighted by atomic mass is 9.97. The first-order valence-corrected chi connectivity index (χ1v) is 9.49. The fourth-order valence-electron chi connectivity index (χ4n) is 2.98. The van der Waals surface area contributed by atoms with Crippen LogP contribution in [0, 0.1) is 0 Å². The van der Waals surface area contributed by atoms with Crippen LogP contribution in [0.3, 0.4) is 0 Å². The van der Waals surface area contributed by atoms with Crippen LogP contribution in [0.4, 0.5) is 0 Å². The van der Waals surface area contributed by atoms with E-state index in [9.17, 15) is 0 Å². The van der Waals surface area contributed by atoms with Crippen molar-refractivity contribution in [3.63, 3.8) is 0 Å². The Labute approximate surface area is 139 Å². The minimum absolute atomic E-state index is 0.341. The highest BCUT2D eigenvalue weighted by molar-refractivity contribution is 9.10. The molecule has 112 valence electrons. The summed E-state index contributed by atoms with van der Waals surface area (Å²) in [6.07, 6.45) is 6.43. The Morgan fingerprint density at radius 3 is 2.67 bits per heavy atom. The van der Waals surface area contributed by atoms with Crippen LogP contribution < -0.4 is 5.32 Å². The van der Waals surface area contributed by atoms with Gasteiger partial charge in [-0.1, -0.05) is 35.0 Å². The first-order chi connectivity index (χ1) is 10.3. The Kier molecular flexibility index (Phi) is 5.15. The number of rotatable bonds is 5. The van der Waals surface area contributed by atoms with E-state index in [1.165, 1.54) is 36.1 Å². The molecule has 0 saturated heterocycles. The van der Waals surface area contributed by atoms with Gasteiger partial charge >= 0.3 is 0 Å². The number of fused-ring (bicyclic) bond motifs is 1. The third-order valence-electron chi connectivity index (χ3n) is 4.10. The van der Waals surface area contributed by atoms with Gasteiger partial charge in [0.15, 0.2) is 0 Å². The molecule has 21 heavy (non-hydrogen) atoms. The van der Waals surface area contributed by atoms with E-state index >= 15 is 0 Å². The summed E-state index contributed by atoms with van der Waals surface area (Å²) in [4.78, 5) is 3.11. The van der Waals surface area contributed by atoms with Gasteiger partial charge in [-0.05, 0) is 68.0 Å². The molecule has 1 N–H and O–H groups in total. The molecule has 0 fully saturated rings. The minimum Gasteiger partial charge on any atom is -0.306 e. The molecular formula is C18H22BrNS. The van der Waals surface area contributed by atoms with Gasteiger partial charge in [0, 0.05) is 14.2 Å². The monoisotopic (exact) mass is 363 g/mol. The predicted molar refractivity (Wildman–Crippen MR) is 95.2 cm³/mol. The molecule has 0 radical (unpaired) electrons. The SMILES string of the molecule is CCCNC(c1ccc(Br)cc1)c1cc2c(s1)CCCC2. The number of hydrogen-bond acceptors (Lipinski definition) is 2. The first kappa shape index (κ1) is 15.3. The summed E-state index contributed by atoms with van der Waals surface area (Å²) in [7, 11) is 0. The summed E-state index contributed by atoms with van der Waals surface area (Å²) in [5.41, 5.74) is 2.96. The van der Waals surface area contributed by atoms with Gasteiger partial charge in [-0.15, -0.1) is 11.3 Å². The molecule has 2 aromatic rings. The molecule has 0 spiro atoms. The van der Waals surface area contributed by atoms with E-state index in [1.54, 1.807) is 10.4 Å². The number of nitrogens with one attached hydrogen (secondary N) is 1. The van der Waals surface area contributed by atoms with E-state index < -0.39 is 0 Å². The van der Waals surface area contributed by atoms with E-state index in [-0.39, 0.29) is 0 Å². The molecule has 3 rings (SSSR count). The lowest BCUT2D eigenvalue weighted by Crippen LogP contribution is -2.22. The normalized spacial score (nSPS) is 15.7. The molecule has 0 saturated carbocycles. The van der Waals surface area contributed by atoms with Crippen molar-refractivity contribution in [2.75, 3.05) is 6.54 Å². The fraction of sp³-hybridized carbons (Fsp3) is 0.444. The van der Waals surface area contributed by atoms with Crippen LogP contribution in [0.15, 0.2) is 34.8 Å². The van der Waals surface area contributed by atoms with Gasteiger partial charge in [0.05, 0.1) is 6.04 Å². The van der Waals surface area contributed by atoms with Gasteiger partial charge in [0.25, 0.3) is 0 Å². The molecule has 1 aliphatic rings. The molecule has 1 aromatic carbocycles. The average Bonchev–Trinajstić information content (AvgIpc) is 2.93. The van der Waals surface area contributed by atoms with Gasteiger partial charge < -0.3 is 5.32 Å². The van der Waals surface area contributed by atoms with Crippen LogP contribution in [0.25, 0.3) is 0 Å². The van der Waals surface area contributed by atoms with Crippen molar-refractivity contribution >= 4 is 27.3 Å². The molecule has 0 aliphatic heterocycles. The van der Waals surface area contributed by atoms with Crippen molar-refractivity contribution in [2.45, 2.75) is 45.1 Å². The molecule has 1 unspecified atom stereocenters. The summed E-state index contributed by atoms with van der Waals surface area (Å²) in [5.74, 6) is 0. The summed E-state index contributed by atoms with van der Waals surface area (Å²) >= 11 is 5.55. The highest BCUT2D eigenvalue weighted by atomic mass is 79.9. The predicted octanol–water partition coefficient (Wildman–Crippen LogP) is 5.48. The maximum Gasteiger partial charge on any atom is 0.0671 e. The summed E-state index contributed by atoms with van der Waals surface area (Å²) in [6, 6.07) is 11.5. The number of thiophene rings is 1. The van der Waals surface area contributed by atoms with Gasteiger partial charge in [-0.3, -0.25) is 0 Å². The molecule has 0 amide bonds. The topological polar surface area (TPSA) is 12.0 Å². The van der Waals surface area contributed by atoms with Gasteiger partial charge in [0.2, 0.25) is 0 Å². The second kappa shape index (κ2) is 7.08. The number of benzene rings is 1. The summed E-state index contributed by atoms with van der Waals surface area (Å²) in [5, 5.41) is 3.73. The molecule has 1 aromatic heterocycles. The van der Waals surface area contributed by atoms with Crippen LogP contribution in [0.1, 0.15) is 53.1 Å². The Morgan fingerprint density at radius 1 is 1.19 bits per heavy atom. The zero-order chi connectivity index (χ0) is 14.7. The third-order valence-corrected chi connectivity index (χ3v) is 5.93. The fourth-order valence-corrected chi connectivity index (χ4v) is 4.61. The van der Waals surface area contributed by atoms with Crippen LogP contribution in [0.2, 0.25) is 0 Å². The summed E-state index contributed by atoms with van der Waals surface area (Å²) < 4.78 is 1.14. The zero-order valence-corrected chi connectivity index (χ0v) is 14.9. The number of aryl methyl sites for hydroxylation is 2. The molecule has 1 aliphatic carbocycles. The largest absolute Gasteiger partial charge is 0.306 e. The van der Waals surface area contributed by atoms with E-state index in [4.69, 9.17) is 0 Å². The first-order valence-electron chi connectivity index (χ1n) is 7.88. The molecule has 1 nitrogen and oxygen atoms in total. The van der Waals surface area contributed by atoms with Crippen LogP contribution in [0.5, 0.6) is 0 Å². The van der Waals surface area contributed by atoms with E-state index in [0.717, 1.165) is 17.4 Å². The molecule has 1 atom stereocenters. The molecular weight excluding hydrogens is 342 g/mol. The van der Waals surface area contributed by atoms with Crippen LogP contribution in [-0.4, -0.2) is 6.54 Å². The highest BCUT2D eigenvalue weighted by Gasteiger charge is 2.20. The van der Waals surface area contributed by atoms with Crippen LogP contribution in [-0.2, 0) is 12.8 Å². The Morgan fingerprint density at radius 2 is 1.95 bits per heavy atom. The zero-order valence-electron chi connectivity index (χ0n) is 12.5. The second-order valence-corrected chi connectivity index (χ2v) is 7.83. The second-order valence-electron chi connectivity index (χ2n) is 5.74. The van der Waals surface area contributed by atoms with Gasteiger partial charge in [-0.2, -0.15) is 0 Å². The van der Waals surface area contributed by atoms with E-state index in [1.807, 2.05) is 11.3 Å². The van der Waals surface area contributed by atoms with Crippen molar-refractivity contribution in [1.82, 2.24) is 5.32 Å². The standard InChI is InChI=1S/C18H22BrNS/c1-2-11-20-18(13-7-9-15(19)10-8-13)17-12-14-5-3-4-6-16(14)21-17/h7-10,12,18,20H,2-6,11H2,1H3. The molecule has 0 bridgehead atoms. The van der Waals surface area contributed by atoms with E-state index in [0.29, 0.717) is 6.04 Å². The minimum atomic E-state index is 0.341. The van der Waals surface area contributed by atoms with Crippen molar-refractivity contribution in [3.05, 3.63) is 55.7 Å². The number of hydrogen-bond donors (Lipinski definition) is 1. The van der Waals surface area contributed by atoms with E-state index in [2.05, 4.69) is 58.5 Å². The highest BCUT2D eigenvalue weighted by Crippen LogP contribution is 2.35. The lowest BCUT2D eigenvalue weighted by Gasteiger charge is -2.18. The molecule has 1 heterocycles. The Hall–Kier alpha value is -0.640. The third kappa shape index (κ3) is 3.58. The smallest absolute Gasteiger partial charge is 0.0671 e.